The van der Waals surface area contributed by atoms with E-state index in [1.165, 1.54) is 6.92 Å². The molecule has 0 bridgehead atoms. The highest BCUT2D eigenvalue weighted by Crippen LogP contribution is 1.87. The molecule has 0 unspecified atom stereocenters. The number of esters is 1. The summed E-state index contributed by atoms with van der Waals surface area (Å²) in [7, 11) is 0. The lowest BCUT2D eigenvalue weighted by Gasteiger charge is -1.95. The lowest BCUT2D eigenvalue weighted by molar-refractivity contribution is -0.140. The van der Waals surface area contributed by atoms with Gasteiger partial charge in [-0.3, -0.25) is 4.79 Å². The van der Waals surface area contributed by atoms with Crippen molar-refractivity contribution in [3.05, 3.63) is 12.2 Å². The van der Waals surface area contributed by atoms with Crippen molar-refractivity contribution in [2.24, 2.45) is 0 Å². The summed E-state index contributed by atoms with van der Waals surface area (Å²) >= 11 is 0. The second-order valence-corrected chi connectivity index (χ2v) is 2.01. The zero-order valence-electron chi connectivity index (χ0n) is 8.59. The molecule has 0 aromatic carbocycles. The summed E-state index contributed by atoms with van der Waals surface area (Å²) in [5.74, 6) is -0.204. The predicted octanol–water partition coefficient (Wildman–Crippen LogP) is 2.93. The third-order valence-electron chi connectivity index (χ3n) is 0.992. The van der Waals surface area contributed by atoms with E-state index >= 15 is 0 Å². The Hall–Kier alpha value is -0.790. The Balaban J connectivity index is 0. The minimum atomic E-state index is -0.204. The number of hydrogen-bond donors (Lipinski definition) is 0. The molecule has 0 rings (SSSR count). The maximum atomic E-state index is 10.2. The molecule has 0 atom stereocenters. The topological polar surface area (TPSA) is 26.3 Å². The van der Waals surface area contributed by atoms with E-state index in [1.807, 2.05) is 19.9 Å². The van der Waals surface area contributed by atoms with Crippen LogP contribution in [0.2, 0.25) is 0 Å². The number of ether oxygens (including phenoxy) is 1. The van der Waals surface area contributed by atoms with Gasteiger partial charge >= 0.3 is 5.97 Å². The quantitative estimate of drug-likeness (QED) is 0.370. The first-order valence-electron chi connectivity index (χ1n) is 4.55. The molecule has 72 valence electrons. The average molecular weight is 172 g/mol. The number of allylic oxidation sites excluding steroid dienone is 1. The monoisotopic (exact) mass is 172 g/mol. The highest BCUT2D eigenvalue weighted by molar-refractivity contribution is 5.65. The van der Waals surface area contributed by atoms with Gasteiger partial charge in [-0.2, -0.15) is 0 Å². The maximum Gasteiger partial charge on any atom is 0.302 e. The largest absolute Gasteiger partial charge is 0.466 e. The van der Waals surface area contributed by atoms with Gasteiger partial charge in [0.05, 0.1) is 6.61 Å². The highest BCUT2D eigenvalue weighted by atomic mass is 16.5. The Morgan fingerprint density at radius 1 is 1.33 bits per heavy atom. The average Bonchev–Trinajstić information content (AvgIpc) is 2.07. The van der Waals surface area contributed by atoms with Crippen LogP contribution in [-0.2, 0) is 9.53 Å². The van der Waals surface area contributed by atoms with E-state index < -0.39 is 0 Å². The van der Waals surface area contributed by atoms with Crippen LogP contribution in [0.1, 0.15) is 40.5 Å². The lowest BCUT2D eigenvalue weighted by atomic mass is 10.3. The van der Waals surface area contributed by atoms with Gasteiger partial charge in [0.25, 0.3) is 0 Å². The van der Waals surface area contributed by atoms with Gasteiger partial charge in [-0.1, -0.05) is 32.9 Å². The van der Waals surface area contributed by atoms with E-state index in [0.29, 0.717) is 6.61 Å². The van der Waals surface area contributed by atoms with Crippen molar-refractivity contribution in [2.75, 3.05) is 6.61 Å². The van der Waals surface area contributed by atoms with Gasteiger partial charge in [0, 0.05) is 6.92 Å². The third-order valence-corrected chi connectivity index (χ3v) is 0.992. The van der Waals surface area contributed by atoms with E-state index in [4.69, 9.17) is 4.74 Å². The minimum Gasteiger partial charge on any atom is -0.466 e. The van der Waals surface area contributed by atoms with Crippen molar-refractivity contribution >= 4 is 5.97 Å². The van der Waals surface area contributed by atoms with Gasteiger partial charge in [-0.15, -0.1) is 0 Å². The summed E-state index contributed by atoms with van der Waals surface area (Å²) in [6.07, 6.45) is 5.94. The zero-order valence-corrected chi connectivity index (χ0v) is 8.59. The molecule has 0 aliphatic heterocycles. The van der Waals surface area contributed by atoms with Crippen LogP contribution >= 0.6 is 0 Å². The molecule has 0 saturated heterocycles. The van der Waals surface area contributed by atoms with E-state index in [9.17, 15) is 4.79 Å². The molecular weight excluding hydrogens is 152 g/mol. The lowest BCUT2D eigenvalue weighted by Crippen LogP contribution is -1.98. The molecule has 2 heteroatoms. The van der Waals surface area contributed by atoms with E-state index in [0.717, 1.165) is 12.8 Å². The van der Waals surface area contributed by atoms with Crippen molar-refractivity contribution in [2.45, 2.75) is 40.5 Å². The SMILES string of the molecule is CC.CC/C=C\CCOC(C)=O. The summed E-state index contributed by atoms with van der Waals surface area (Å²) in [5, 5.41) is 0. The summed E-state index contributed by atoms with van der Waals surface area (Å²) < 4.78 is 4.70. The minimum absolute atomic E-state index is 0.204. The number of carbonyl (C=O) groups is 1. The Bertz CT molecular complexity index is 117. The van der Waals surface area contributed by atoms with Crippen molar-refractivity contribution < 1.29 is 9.53 Å². The van der Waals surface area contributed by atoms with Gasteiger partial charge in [-0.05, 0) is 12.8 Å². The molecule has 0 radical (unpaired) electrons. The van der Waals surface area contributed by atoms with Gasteiger partial charge < -0.3 is 4.74 Å². The molecule has 2 nitrogen and oxygen atoms in total. The molecule has 0 aliphatic rings. The third kappa shape index (κ3) is 16.1. The van der Waals surface area contributed by atoms with Crippen LogP contribution in [-0.4, -0.2) is 12.6 Å². The van der Waals surface area contributed by atoms with Gasteiger partial charge in [-0.25, -0.2) is 0 Å². The summed E-state index contributed by atoms with van der Waals surface area (Å²) in [4.78, 5) is 10.2. The molecule has 0 spiro atoms. The number of carbonyl (C=O) groups excluding carboxylic acids is 1. The van der Waals surface area contributed by atoms with Crippen LogP contribution in [0.25, 0.3) is 0 Å². The second kappa shape index (κ2) is 12.8. The molecule has 0 aromatic heterocycles. The predicted molar refractivity (Wildman–Crippen MR) is 52.0 cm³/mol. The van der Waals surface area contributed by atoms with Crippen molar-refractivity contribution in [3.63, 3.8) is 0 Å². The van der Waals surface area contributed by atoms with Crippen molar-refractivity contribution in [1.29, 1.82) is 0 Å². The first-order chi connectivity index (χ1) is 5.77. The van der Waals surface area contributed by atoms with E-state index in [1.54, 1.807) is 0 Å². The molecule has 0 N–H and O–H groups in total. The van der Waals surface area contributed by atoms with Crippen LogP contribution in [0, 0.1) is 0 Å². The fraction of sp³-hybridized carbons (Fsp3) is 0.700. The first kappa shape index (κ1) is 13.8. The summed E-state index contributed by atoms with van der Waals surface area (Å²) in [6, 6.07) is 0. The zero-order chi connectivity index (χ0) is 9.82. The molecule has 0 saturated carbocycles. The second-order valence-electron chi connectivity index (χ2n) is 2.01. The summed E-state index contributed by atoms with van der Waals surface area (Å²) in [6.45, 7) is 8.00. The van der Waals surface area contributed by atoms with Crippen molar-refractivity contribution in [3.8, 4) is 0 Å². The fourth-order valence-corrected chi connectivity index (χ4v) is 0.555. The Morgan fingerprint density at radius 3 is 2.33 bits per heavy atom. The Kier molecular flexibility index (Phi) is 14.8. The maximum absolute atomic E-state index is 10.2. The van der Waals surface area contributed by atoms with Gasteiger partial charge in [0.15, 0.2) is 0 Å². The normalized spacial score (nSPS) is 9.00. The molecule has 0 aromatic rings. The van der Waals surface area contributed by atoms with Crippen LogP contribution in [0.4, 0.5) is 0 Å². The standard InChI is InChI=1S/C8H14O2.C2H6/c1-3-4-5-6-7-10-8(2)9;1-2/h4-5H,3,6-7H2,1-2H3;1-2H3/b5-4-;. The number of hydrogen-bond acceptors (Lipinski definition) is 2. The van der Waals surface area contributed by atoms with Crippen LogP contribution in [0.3, 0.4) is 0 Å². The number of rotatable bonds is 4. The van der Waals surface area contributed by atoms with E-state index in [2.05, 4.69) is 13.0 Å². The van der Waals surface area contributed by atoms with Gasteiger partial charge in [0.1, 0.15) is 0 Å². The first-order valence-corrected chi connectivity index (χ1v) is 4.55. The Morgan fingerprint density at radius 2 is 1.92 bits per heavy atom. The van der Waals surface area contributed by atoms with Crippen LogP contribution < -0.4 is 0 Å². The van der Waals surface area contributed by atoms with Crippen LogP contribution in [0.15, 0.2) is 12.2 Å². The molecular formula is C10H20O2. The molecule has 12 heavy (non-hydrogen) atoms. The van der Waals surface area contributed by atoms with Gasteiger partial charge in [0.2, 0.25) is 0 Å². The molecule has 0 aliphatic carbocycles. The van der Waals surface area contributed by atoms with Crippen LogP contribution in [0.5, 0.6) is 0 Å². The van der Waals surface area contributed by atoms with Crippen molar-refractivity contribution in [1.82, 2.24) is 0 Å². The Labute approximate surface area is 75.6 Å². The smallest absolute Gasteiger partial charge is 0.302 e. The molecule has 0 fully saturated rings. The fourth-order valence-electron chi connectivity index (χ4n) is 0.555. The molecule has 0 heterocycles. The molecule has 0 amide bonds. The highest BCUT2D eigenvalue weighted by Gasteiger charge is 1.87. The summed E-state index contributed by atoms with van der Waals surface area (Å²) in [5.41, 5.74) is 0. The van der Waals surface area contributed by atoms with E-state index in [-0.39, 0.29) is 5.97 Å².